The van der Waals surface area contributed by atoms with Crippen molar-refractivity contribution in [3.05, 3.63) is 108 Å². The van der Waals surface area contributed by atoms with Gasteiger partial charge in [-0.3, -0.25) is 9.59 Å². The smallest absolute Gasteiger partial charge is 0.185 e. The molecule has 2 heterocycles. The predicted molar refractivity (Wildman–Crippen MR) is 137 cm³/mol. The summed E-state index contributed by atoms with van der Waals surface area (Å²) in [4.78, 5) is 29.9. The second-order valence-electron chi connectivity index (χ2n) is 8.70. The lowest BCUT2D eigenvalue weighted by Crippen LogP contribution is -2.46. The largest absolute Gasteiger partial charge is 0.351 e. The van der Waals surface area contributed by atoms with Crippen LogP contribution in [-0.2, 0) is 4.79 Å². The molecule has 4 nitrogen and oxygen atoms in total. The summed E-state index contributed by atoms with van der Waals surface area (Å²) in [7, 11) is 0. The van der Waals surface area contributed by atoms with Crippen molar-refractivity contribution in [2.45, 2.75) is 31.3 Å². The predicted octanol–water partition coefficient (Wildman–Crippen LogP) is 6.15. The monoisotopic (exact) mass is 510 g/mol. The highest BCUT2D eigenvalue weighted by Gasteiger charge is 2.65. The van der Waals surface area contributed by atoms with E-state index < -0.39 is 23.4 Å². The average molecular weight is 511 g/mol. The van der Waals surface area contributed by atoms with Gasteiger partial charge in [-0.2, -0.15) is 5.26 Å². The summed E-state index contributed by atoms with van der Waals surface area (Å²) in [6.07, 6.45) is 2.15. The lowest BCUT2D eigenvalue weighted by atomic mass is 9.65. The second-order valence-corrected chi connectivity index (χ2v) is 9.56. The first kappa shape index (κ1) is 22.3. The van der Waals surface area contributed by atoms with E-state index in [-0.39, 0.29) is 18.0 Å². The fraction of sp³-hybridized carbons (Fsp3) is 0.207. The van der Waals surface area contributed by atoms with Gasteiger partial charge in [0.2, 0.25) is 0 Å². The zero-order chi connectivity index (χ0) is 23.9. The first-order chi connectivity index (χ1) is 16.5. The Hall–Kier alpha value is -3.49. The number of fused-ring (bicyclic) bond motifs is 3. The third kappa shape index (κ3) is 3.17. The van der Waals surface area contributed by atoms with Gasteiger partial charge in [-0.15, -0.1) is 0 Å². The molecule has 0 radical (unpaired) electrons. The zero-order valence-electron chi connectivity index (χ0n) is 18.7. The van der Waals surface area contributed by atoms with Crippen molar-refractivity contribution in [3.63, 3.8) is 0 Å². The number of nitrogens with zero attached hydrogens (tertiary/aromatic N) is 2. The van der Waals surface area contributed by atoms with E-state index in [2.05, 4.69) is 22.0 Å². The molecule has 0 aliphatic carbocycles. The number of carbonyl (C=O) groups excluding carboxylic acids is 2. The van der Waals surface area contributed by atoms with Gasteiger partial charge in [0.25, 0.3) is 0 Å². The average Bonchev–Trinajstić information content (AvgIpc) is 3.20. The van der Waals surface area contributed by atoms with E-state index in [1.54, 1.807) is 19.1 Å². The maximum absolute atomic E-state index is 14.2. The molecule has 1 fully saturated rings. The molecule has 4 atom stereocenters. The summed E-state index contributed by atoms with van der Waals surface area (Å²) in [5, 5.41) is 10.7. The summed E-state index contributed by atoms with van der Waals surface area (Å²) in [5.41, 5.74) is 1.75. The molecular formula is C29H23BrN2O2. The summed E-state index contributed by atoms with van der Waals surface area (Å²) in [6.45, 7) is 1.79. The molecule has 0 saturated carbocycles. The van der Waals surface area contributed by atoms with Crippen LogP contribution in [0.3, 0.4) is 0 Å². The number of rotatable bonds is 5. The number of halogens is 1. The summed E-state index contributed by atoms with van der Waals surface area (Å²) >= 11 is 3.68. The van der Waals surface area contributed by atoms with Gasteiger partial charge in [0, 0.05) is 33.6 Å². The van der Waals surface area contributed by atoms with Crippen molar-refractivity contribution in [2.24, 2.45) is 5.41 Å². The van der Waals surface area contributed by atoms with Crippen LogP contribution in [0.4, 0.5) is 5.69 Å². The standard InChI is InChI=1S/C29H23BrN2O2/c1-2-25(33)29(18-31)24-17-22(30)21-15-9-10-16-23(21)32(24)27(26(29)19-11-5-3-6-12-19)28(34)20-13-7-4-8-14-20/h3-17,24,26-27H,2H2,1H3. The van der Waals surface area contributed by atoms with E-state index in [0.29, 0.717) is 5.56 Å². The molecule has 5 heteroatoms. The molecule has 3 aromatic rings. The number of benzene rings is 3. The van der Waals surface area contributed by atoms with Crippen LogP contribution < -0.4 is 4.90 Å². The quantitative estimate of drug-likeness (QED) is 0.386. The topological polar surface area (TPSA) is 61.2 Å². The Morgan fingerprint density at radius 3 is 2.24 bits per heavy atom. The SMILES string of the molecule is CCC(=O)C1(C#N)C(c2ccccc2)C(C(=O)c2ccccc2)N2c3ccccc3C(Br)=CC21. The van der Waals surface area contributed by atoms with Crippen molar-refractivity contribution in [1.29, 1.82) is 5.26 Å². The Balaban J connectivity index is 1.84. The number of nitriles is 1. The third-order valence-corrected chi connectivity index (χ3v) is 7.76. The molecule has 168 valence electrons. The van der Waals surface area contributed by atoms with Gasteiger partial charge in [-0.25, -0.2) is 0 Å². The molecule has 2 aliphatic rings. The molecule has 5 rings (SSSR count). The second kappa shape index (κ2) is 8.70. The highest BCUT2D eigenvalue weighted by Crippen LogP contribution is 2.58. The zero-order valence-corrected chi connectivity index (χ0v) is 20.3. The number of carbonyl (C=O) groups is 2. The number of hydrogen-bond acceptors (Lipinski definition) is 4. The minimum absolute atomic E-state index is 0.0956. The van der Waals surface area contributed by atoms with Crippen molar-refractivity contribution < 1.29 is 9.59 Å². The van der Waals surface area contributed by atoms with E-state index in [0.717, 1.165) is 21.3 Å². The van der Waals surface area contributed by atoms with E-state index in [1.165, 1.54) is 0 Å². The number of hydrogen-bond donors (Lipinski definition) is 0. The van der Waals surface area contributed by atoms with Crippen molar-refractivity contribution >= 4 is 37.7 Å². The fourth-order valence-electron chi connectivity index (χ4n) is 5.61. The van der Waals surface area contributed by atoms with Crippen molar-refractivity contribution in [1.82, 2.24) is 0 Å². The first-order valence-electron chi connectivity index (χ1n) is 11.4. The lowest BCUT2D eigenvalue weighted by molar-refractivity contribution is -0.126. The van der Waals surface area contributed by atoms with Gasteiger partial charge in [-0.1, -0.05) is 102 Å². The highest BCUT2D eigenvalue weighted by molar-refractivity contribution is 9.15. The van der Waals surface area contributed by atoms with Crippen LogP contribution >= 0.6 is 15.9 Å². The first-order valence-corrected chi connectivity index (χ1v) is 12.2. The van der Waals surface area contributed by atoms with Gasteiger partial charge in [0.05, 0.1) is 12.1 Å². The van der Waals surface area contributed by atoms with Crippen LogP contribution in [-0.4, -0.2) is 23.7 Å². The van der Waals surface area contributed by atoms with E-state index in [1.807, 2.05) is 83.8 Å². The molecule has 0 amide bonds. The van der Waals surface area contributed by atoms with Crippen LogP contribution in [0.5, 0.6) is 0 Å². The van der Waals surface area contributed by atoms with Gasteiger partial charge in [0.15, 0.2) is 11.6 Å². The lowest BCUT2D eigenvalue weighted by Gasteiger charge is -2.37. The highest BCUT2D eigenvalue weighted by atomic mass is 79.9. The number of anilines is 1. The molecule has 0 N–H and O–H groups in total. The molecule has 0 bridgehead atoms. The molecular weight excluding hydrogens is 488 g/mol. The molecule has 0 spiro atoms. The van der Waals surface area contributed by atoms with Crippen LogP contribution in [0.2, 0.25) is 0 Å². The van der Waals surface area contributed by atoms with Gasteiger partial charge >= 0.3 is 0 Å². The maximum Gasteiger partial charge on any atom is 0.185 e. The van der Waals surface area contributed by atoms with Crippen LogP contribution in [0.15, 0.2) is 91.0 Å². The van der Waals surface area contributed by atoms with E-state index >= 15 is 0 Å². The minimum atomic E-state index is -1.42. The van der Waals surface area contributed by atoms with Crippen LogP contribution in [0, 0.1) is 16.7 Å². The Morgan fingerprint density at radius 2 is 1.59 bits per heavy atom. The van der Waals surface area contributed by atoms with Gasteiger partial charge in [0.1, 0.15) is 11.5 Å². The number of ketones is 2. The Morgan fingerprint density at radius 1 is 0.971 bits per heavy atom. The minimum Gasteiger partial charge on any atom is -0.351 e. The normalized spacial score (nSPS) is 25.0. The van der Waals surface area contributed by atoms with Gasteiger partial charge < -0.3 is 4.90 Å². The van der Waals surface area contributed by atoms with E-state index in [4.69, 9.17) is 0 Å². The van der Waals surface area contributed by atoms with Crippen LogP contribution in [0.25, 0.3) is 4.48 Å². The molecule has 34 heavy (non-hydrogen) atoms. The Labute approximate surface area is 207 Å². The molecule has 3 aromatic carbocycles. The Kier molecular flexibility index (Phi) is 5.71. The third-order valence-electron chi connectivity index (χ3n) is 7.07. The molecule has 4 unspecified atom stereocenters. The summed E-state index contributed by atoms with van der Waals surface area (Å²) in [5.74, 6) is -0.883. The maximum atomic E-state index is 14.2. The summed E-state index contributed by atoms with van der Waals surface area (Å²) < 4.78 is 0.826. The fourth-order valence-corrected chi connectivity index (χ4v) is 6.20. The van der Waals surface area contributed by atoms with Crippen molar-refractivity contribution in [2.75, 3.05) is 4.90 Å². The number of Topliss-reactive ketones (excluding diaryl/α,β-unsaturated/α-hetero) is 2. The van der Waals surface area contributed by atoms with E-state index in [9.17, 15) is 14.9 Å². The number of para-hydroxylation sites is 1. The molecule has 0 aromatic heterocycles. The Bertz CT molecular complexity index is 1330. The molecule has 2 aliphatic heterocycles. The van der Waals surface area contributed by atoms with Gasteiger partial charge in [-0.05, 0) is 17.7 Å². The molecule has 1 saturated heterocycles. The summed E-state index contributed by atoms with van der Waals surface area (Å²) in [6, 6.07) is 27.7. The van der Waals surface area contributed by atoms with Crippen molar-refractivity contribution in [3.8, 4) is 6.07 Å². The van der Waals surface area contributed by atoms with Crippen LogP contribution in [0.1, 0.15) is 40.7 Å².